The average Bonchev–Trinajstić information content (AvgIpc) is 3.28. The molecule has 11 heteroatoms. The van der Waals surface area contributed by atoms with Gasteiger partial charge in [-0.1, -0.05) is 48.5 Å². The van der Waals surface area contributed by atoms with Crippen LogP contribution in [0.4, 0.5) is 0 Å². The second-order valence-electron chi connectivity index (χ2n) is 8.80. The van der Waals surface area contributed by atoms with E-state index in [1.54, 1.807) is 30.5 Å². The highest BCUT2D eigenvalue weighted by Crippen LogP contribution is 2.19. The maximum atomic E-state index is 13.3. The van der Waals surface area contributed by atoms with E-state index in [1.165, 1.54) is 0 Å². The molecule has 0 saturated carbocycles. The van der Waals surface area contributed by atoms with E-state index < -0.39 is 35.9 Å². The number of fused-ring (bicyclic) bond motifs is 1. The Bertz CT molecular complexity index is 1230. The number of rotatable bonds is 13. The highest BCUT2D eigenvalue weighted by Gasteiger charge is 2.29. The van der Waals surface area contributed by atoms with Crippen LogP contribution < -0.4 is 27.4 Å². The molecule has 0 radical (unpaired) electrons. The zero-order valence-corrected chi connectivity index (χ0v) is 20.4. The molecule has 0 aliphatic rings. The van der Waals surface area contributed by atoms with Gasteiger partial charge in [-0.3, -0.25) is 15.0 Å². The first kappa shape index (κ1) is 27.2. The smallest absolute Gasteiger partial charge is 0.326 e. The molecule has 11 nitrogen and oxygen atoms in total. The highest BCUT2D eigenvalue weighted by atomic mass is 16.4. The molecule has 0 aliphatic carbocycles. The minimum atomic E-state index is -1.18. The minimum Gasteiger partial charge on any atom is -0.480 e. The number of amides is 2. The molecule has 0 spiro atoms. The van der Waals surface area contributed by atoms with Crippen molar-refractivity contribution in [2.75, 3.05) is 6.54 Å². The summed E-state index contributed by atoms with van der Waals surface area (Å²) in [7, 11) is 0. The fraction of sp³-hybridized carbons (Fsp3) is 0.308. The molecule has 196 valence electrons. The lowest BCUT2D eigenvalue weighted by atomic mass is 10.0. The third-order valence-electron chi connectivity index (χ3n) is 5.97. The van der Waals surface area contributed by atoms with E-state index in [-0.39, 0.29) is 18.8 Å². The molecule has 0 bridgehead atoms. The number of nitrogens with two attached hydrogens (primary N) is 2. The number of nitrogens with one attached hydrogen (secondary N) is 5. The standard InChI is InChI=1S/C26H33N7O4/c27-19(10-6-12-30-26(28)29)23(34)32-21(14-17-15-31-20-11-5-4-9-18(17)20)24(35)33-22(25(36)37)13-16-7-2-1-3-8-16/h1-5,7-9,11,15,19,21-22,31H,6,10,12-14,27H2,(H,32,34)(H,33,35)(H,36,37)(H4,28,29,30)/t19-,21+,22-/m0/s1. The number of H-pyrrole nitrogens is 1. The Morgan fingerprint density at radius 2 is 1.62 bits per heavy atom. The van der Waals surface area contributed by atoms with Gasteiger partial charge in [0.25, 0.3) is 0 Å². The Kier molecular flexibility index (Phi) is 9.61. The number of carboxylic acid groups (broad SMARTS) is 1. The third-order valence-corrected chi connectivity index (χ3v) is 5.97. The number of aliphatic carboxylic acids is 1. The number of benzene rings is 2. The van der Waals surface area contributed by atoms with Crippen molar-refractivity contribution in [1.82, 2.24) is 20.9 Å². The predicted octanol–water partition coefficient (Wildman–Crippen LogP) is 0.598. The molecular formula is C26H33N7O4. The van der Waals surface area contributed by atoms with Crippen molar-refractivity contribution in [2.24, 2.45) is 11.5 Å². The number of carbonyl (C=O) groups excluding carboxylic acids is 2. The summed E-state index contributed by atoms with van der Waals surface area (Å²) in [6.45, 7) is 0.384. The summed E-state index contributed by atoms with van der Waals surface area (Å²) in [6, 6.07) is 13.4. The first-order valence-corrected chi connectivity index (χ1v) is 12.0. The number of hydrogen-bond donors (Lipinski definition) is 8. The van der Waals surface area contributed by atoms with Gasteiger partial charge in [-0.25, -0.2) is 4.79 Å². The number of carboxylic acids is 1. The van der Waals surface area contributed by atoms with Crippen LogP contribution in [0.3, 0.4) is 0 Å². The van der Waals surface area contributed by atoms with Gasteiger partial charge in [-0.05, 0) is 30.0 Å². The fourth-order valence-electron chi connectivity index (χ4n) is 4.01. The van der Waals surface area contributed by atoms with Gasteiger partial charge >= 0.3 is 5.97 Å². The molecule has 0 fully saturated rings. The monoisotopic (exact) mass is 507 g/mol. The topological polar surface area (TPSA) is 199 Å². The second-order valence-corrected chi connectivity index (χ2v) is 8.80. The van der Waals surface area contributed by atoms with Gasteiger partial charge < -0.3 is 37.5 Å². The summed E-state index contributed by atoms with van der Waals surface area (Å²) in [5, 5.41) is 25.7. The maximum Gasteiger partial charge on any atom is 0.326 e. The zero-order chi connectivity index (χ0) is 26.8. The lowest BCUT2D eigenvalue weighted by Crippen LogP contribution is -2.55. The lowest BCUT2D eigenvalue weighted by molar-refractivity contribution is -0.142. The highest BCUT2D eigenvalue weighted by molar-refractivity contribution is 5.93. The van der Waals surface area contributed by atoms with Gasteiger partial charge in [-0.15, -0.1) is 0 Å². The molecule has 0 unspecified atom stereocenters. The van der Waals surface area contributed by atoms with E-state index in [0.717, 1.165) is 22.0 Å². The number of aromatic amines is 1. The number of guanidine groups is 1. The molecule has 0 saturated heterocycles. The Labute approximate surface area is 214 Å². The maximum absolute atomic E-state index is 13.3. The molecule has 2 amide bonds. The average molecular weight is 508 g/mol. The van der Waals surface area contributed by atoms with Crippen LogP contribution in [0.15, 0.2) is 60.8 Å². The molecule has 3 aromatic rings. The molecule has 0 aliphatic heterocycles. The van der Waals surface area contributed by atoms with Crippen LogP contribution in [0, 0.1) is 5.41 Å². The van der Waals surface area contributed by atoms with Gasteiger partial charge in [0, 0.05) is 36.5 Å². The van der Waals surface area contributed by atoms with Crippen molar-refractivity contribution < 1.29 is 19.5 Å². The summed E-state index contributed by atoms with van der Waals surface area (Å²) >= 11 is 0. The fourth-order valence-corrected chi connectivity index (χ4v) is 4.01. The Balaban J connectivity index is 1.74. The molecule has 37 heavy (non-hydrogen) atoms. The van der Waals surface area contributed by atoms with Crippen LogP contribution >= 0.6 is 0 Å². The Hall–Kier alpha value is -4.38. The number of para-hydroxylation sites is 1. The summed E-state index contributed by atoms with van der Waals surface area (Å²) in [6.07, 6.45) is 2.80. The number of hydrogen-bond acceptors (Lipinski definition) is 5. The number of aromatic nitrogens is 1. The van der Waals surface area contributed by atoms with Crippen LogP contribution in [0.5, 0.6) is 0 Å². The van der Waals surface area contributed by atoms with Crippen LogP contribution in [-0.4, -0.2) is 58.5 Å². The van der Waals surface area contributed by atoms with E-state index in [9.17, 15) is 19.5 Å². The van der Waals surface area contributed by atoms with Gasteiger partial charge in [0.05, 0.1) is 6.04 Å². The lowest BCUT2D eigenvalue weighted by Gasteiger charge is -2.23. The summed E-state index contributed by atoms with van der Waals surface area (Å²) in [5.74, 6) is -2.49. The van der Waals surface area contributed by atoms with Crippen molar-refractivity contribution >= 4 is 34.6 Å². The van der Waals surface area contributed by atoms with Crippen molar-refractivity contribution in [3.05, 3.63) is 71.9 Å². The van der Waals surface area contributed by atoms with Crippen LogP contribution in [0.25, 0.3) is 10.9 Å². The predicted molar refractivity (Wildman–Crippen MR) is 141 cm³/mol. The quantitative estimate of drug-likeness (QED) is 0.0940. The normalized spacial score (nSPS) is 13.3. The van der Waals surface area contributed by atoms with E-state index in [1.807, 2.05) is 30.3 Å². The molecule has 3 atom stereocenters. The van der Waals surface area contributed by atoms with Gasteiger partial charge in [0.15, 0.2) is 5.96 Å². The third kappa shape index (κ3) is 8.07. The molecule has 1 heterocycles. The minimum absolute atomic E-state index is 0.0956. The zero-order valence-electron chi connectivity index (χ0n) is 20.4. The summed E-state index contributed by atoms with van der Waals surface area (Å²) in [5.41, 5.74) is 13.7. The Morgan fingerprint density at radius 3 is 2.32 bits per heavy atom. The van der Waals surface area contributed by atoms with E-state index in [2.05, 4.69) is 20.9 Å². The van der Waals surface area contributed by atoms with Gasteiger partial charge in [0.2, 0.25) is 11.8 Å². The van der Waals surface area contributed by atoms with Crippen LogP contribution in [0.1, 0.15) is 24.0 Å². The molecule has 10 N–H and O–H groups in total. The second kappa shape index (κ2) is 13.1. The first-order chi connectivity index (χ1) is 17.7. The summed E-state index contributed by atoms with van der Waals surface area (Å²) < 4.78 is 0. The van der Waals surface area contributed by atoms with Crippen LogP contribution in [0.2, 0.25) is 0 Å². The van der Waals surface area contributed by atoms with Crippen molar-refractivity contribution in [3.8, 4) is 0 Å². The molecule has 1 aromatic heterocycles. The molecular weight excluding hydrogens is 474 g/mol. The van der Waals surface area contributed by atoms with Gasteiger partial charge in [-0.2, -0.15) is 0 Å². The van der Waals surface area contributed by atoms with E-state index in [4.69, 9.17) is 16.9 Å². The number of carbonyl (C=O) groups is 3. The van der Waals surface area contributed by atoms with Crippen molar-refractivity contribution in [1.29, 1.82) is 5.41 Å². The van der Waals surface area contributed by atoms with E-state index >= 15 is 0 Å². The van der Waals surface area contributed by atoms with Gasteiger partial charge in [0.1, 0.15) is 12.1 Å². The van der Waals surface area contributed by atoms with Crippen molar-refractivity contribution in [2.45, 2.75) is 43.8 Å². The summed E-state index contributed by atoms with van der Waals surface area (Å²) in [4.78, 5) is 41.2. The molecule has 2 aromatic carbocycles. The van der Waals surface area contributed by atoms with Crippen molar-refractivity contribution in [3.63, 3.8) is 0 Å². The largest absolute Gasteiger partial charge is 0.480 e. The van der Waals surface area contributed by atoms with E-state index in [0.29, 0.717) is 19.4 Å². The Morgan fingerprint density at radius 1 is 0.946 bits per heavy atom. The SMILES string of the molecule is N=C(N)NCCC[C@H](N)C(=O)N[C@H](Cc1c[nH]c2ccccc12)C(=O)N[C@@H](Cc1ccccc1)C(=O)O. The van der Waals surface area contributed by atoms with Crippen LogP contribution in [-0.2, 0) is 27.2 Å². The molecule has 3 rings (SSSR count). The first-order valence-electron chi connectivity index (χ1n) is 12.0.